The van der Waals surface area contributed by atoms with Gasteiger partial charge in [-0.15, -0.1) is 0 Å². The van der Waals surface area contributed by atoms with Crippen molar-refractivity contribution in [3.63, 3.8) is 0 Å². The summed E-state index contributed by atoms with van der Waals surface area (Å²) in [5.74, 6) is 1.15. The molecule has 0 bridgehead atoms. The van der Waals surface area contributed by atoms with Crippen LogP contribution in [0.25, 0.3) is 16.7 Å². The van der Waals surface area contributed by atoms with Gasteiger partial charge in [0.15, 0.2) is 5.65 Å². The van der Waals surface area contributed by atoms with Crippen LogP contribution >= 0.6 is 0 Å². The van der Waals surface area contributed by atoms with Gasteiger partial charge in [-0.25, -0.2) is 4.98 Å². The largest absolute Gasteiger partial charge is 0.497 e. The molecule has 176 valence electrons. The lowest BCUT2D eigenvalue weighted by atomic mass is 10.1. The molecule has 0 aliphatic carbocycles. The van der Waals surface area contributed by atoms with Crippen molar-refractivity contribution in [3.8, 4) is 17.2 Å². The number of hydrogen-bond acceptors (Lipinski definition) is 5. The topological polar surface area (TPSA) is 87.4 Å². The van der Waals surface area contributed by atoms with Crippen molar-refractivity contribution in [2.24, 2.45) is 0 Å². The van der Waals surface area contributed by atoms with Gasteiger partial charge in [0, 0.05) is 24.0 Å². The highest BCUT2D eigenvalue weighted by atomic mass is 16.5. The average molecular weight is 461 g/mol. The molecule has 0 aliphatic rings. The fourth-order valence-electron chi connectivity index (χ4n) is 4.10. The molecular weight excluding hydrogens is 432 g/mol. The van der Waals surface area contributed by atoms with Gasteiger partial charge < -0.3 is 14.8 Å². The summed E-state index contributed by atoms with van der Waals surface area (Å²) in [5.41, 5.74) is 4.06. The maximum atomic E-state index is 13.2. The summed E-state index contributed by atoms with van der Waals surface area (Å²) >= 11 is 0. The molecule has 0 unspecified atom stereocenters. The molecule has 0 atom stereocenters. The second-order valence-electron chi connectivity index (χ2n) is 8.04. The van der Waals surface area contributed by atoms with Gasteiger partial charge in [0.25, 0.3) is 5.56 Å². The Balaban J connectivity index is 1.50. The molecule has 2 aromatic heterocycles. The van der Waals surface area contributed by atoms with Crippen LogP contribution in [0.5, 0.6) is 11.5 Å². The van der Waals surface area contributed by atoms with Crippen LogP contribution in [-0.4, -0.2) is 40.8 Å². The Bertz CT molecular complexity index is 1390. The minimum absolute atomic E-state index is 0.101. The Labute approximate surface area is 197 Å². The molecule has 34 heavy (non-hydrogen) atoms. The van der Waals surface area contributed by atoms with E-state index in [9.17, 15) is 9.59 Å². The molecule has 0 spiro atoms. The minimum Gasteiger partial charge on any atom is -0.497 e. The summed E-state index contributed by atoms with van der Waals surface area (Å²) < 4.78 is 13.9. The third kappa shape index (κ3) is 4.39. The Morgan fingerprint density at radius 2 is 1.82 bits per heavy atom. The van der Waals surface area contributed by atoms with E-state index in [0.717, 1.165) is 22.5 Å². The number of rotatable bonds is 8. The SMILES string of the molecule is COc1ccc(CCNC(=O)Cn2cnc3c(c(C)c(C)n3-c3ccccc3)c2=O)c(OC)c1. The zero-order valence-electron chi connectivity index (χ0n) is 19.8. The molecule has 2 aromatic carbocycles. The van der Waals surface area contributed by atoms with Crippen LogP contribution in [0.1, 0.15) is 16.8 Å². The van der Waals surface area contributed by atoms with Gasteiger partial charge in [0.2, 0.25) is 5.91 Å². The van der Waals surface area contributed by atoms with Gasteiger partial charge in [-0.2, -0.15) is 0 Å². The highest BCUT2D eigenvalue weighted by Gasteiger charge is 2.18. The van der Waals surface area contributed by atoms with Crippen molar-refractivity contribution < 1.29 is 14.3 Å². The lowest BCUT2D eigenvalue weighted by Gasteiger charge is -2.11. The Kier molecular flexibility index (Phi) is 6.67. The van der Waals surface area contributed by atoms with Gasteiger partial charge in [0.1, 0.15) is 24.4 Å². The van der Waals surface area contributed by atoms with E-state index in [0.29, 0.717) is 35.5 Å². The van der Waals surface area contributed by atoms with E-state index in [2.05, 4.69) is 10.3 Å². The first-order valence-electron chi connectivity index (χ1n) is 11.0. The number of hydrogen-bond donors (Lipinski definition) is 1. The molecule has 0 saturated carbocycles. The summed E-state index contributed by atoms with van der Waals surface area (Å²) in [7, 11) is 3.20. The van der Waals surface area contributed by atoms with Crippen LogP contribution < -0.4 is 20.3 Å². The van der Waals surface area contributed by atoms with Crippen molar-refractivity contribution in [1.29, 1.82) is 0 Å². The molecule has 0 radical (unpaired) electrons. The standard InChI is InChI=1S/C26H28N4O4/c1-17-18(2)30(20-8-6-5-7-9-20)25-24(17)26(32)29(16-28-25)15-23(31)27-13-12-19-10-11-21(33-3)14-22(19)34-4/h5-11,14,16H,12-13,15H2,1-4H3,(H,27,31). The van der Waals surface area contributed by atoms with Crippen LogP contribution in [0.15, 0.2) is 59.7 Å². The van der Waals surface area contributed by atoms with Crippen LogP contribution in [0.4, 0.5) is 0 Å². The van der Waals surface area contributed by atoms with E-state index in [-0.39, 0.29) is 18.0 Å². The Hall–Kier alpha value is -4.07. The molecule has 1 N–H and O–H groups in total. The van der Waals surface area contributed by atoms with Crippen LogP contribution in [-0.2, 0) is 17.8 Å². The molecule has 2 heterocycles. The number of ether oxygens (including phenoxy) is 2. The predicted molar refractivity (Wildman–Crippen MR) is 131 cm³/mol. The van der Waals surface area contributed by atoms with Gasteiger partial charge in [0.05, 0.1) is 19.6 Å². The molecule has 8 heteroatoms. The zero-order valence-corrected chi connectivity index (χ0v) is 19.8. The van der Waals surface area contributed by atoms with Gasteiger partial charge >= 0.3 is 0 Å². The fourth-order valence-corrected chi connectivity index (χ4v) is 4.10. The highest BCUT2D eigenvalue weighted by Crippen LogP contribution is 2.25. The summed E-state index contributed by atoms with van der Waals surface area (Å²) in [4.78, 5) is 30.3. The molecular formula is C26H28N4O4. The number of methoxy groups -OCH3 is 2. The molecule has 4 rings (SSSR count). The number of para-hydroxylation sites is 1. The van der Waals surface area contributed by atoms with E-state index in [1.807, 2.05) is 66.9 Å². The van der Waals surface area contributed by atoms with E-state index in [4.69, 9.17) is 9.47 Å². The van der Waals surface area contributed by atoms with Crippen molar-refractivity contribution in [2.75, 3.05) is 20.8 Å². The van der Waals surface area contributed by atoms with Crippen molar-refractivity contribution in [2.45, 2.75) is 26.8 Å². The third-order valence-corrected chi connectivity index (χ3v) is 6.02. The van der Waals surface area contributed by atoms with Crippen molar-refractivity contribution in [3.05, 3.63) is 82.0 Å². The van der Waals surface area contributed by atoms with Gasteiger partial charge in [-0.1, -0.05) is 24.3 Å². The van der Waals surface area contributed by atoms with Gasteiger partial charge in [-0.05, 0) is 49.6 Å². The quantitative estimate of drug-likeness (QED) is 0.436. The van der Waals surface area contributed by atoms with Gasteiger partial charge in [-0.3, -0.25) is 18.7 Å². The number of nitrogens with one attached hydrogen (secondary N) is 1. The normalized spacial score (nSPS) is 10.9. The molecule has 0 fully saturated rings. The Morgan fingerprint density at radius 3 is 2.53 bits per heavy atom. The minimum atomic E-state index is -0.257. The highest BCUT2D eigenvalue weighted by molar-refractivity contribution is 5.83. The maximum Gasteiger partial charge on any atom is 0.263 e. The van der Waals surface area contributed by atoms with Crippen molar-refractivity contribution in [1.82, 2.24) is 19.4 Å². The van der Waals surface area contributed by atoms with E-state index < -0.39 is 0 Å². The third-order valence-electron chi connectivity index (χ3n) is 6.02. The summed E-state index contributed by atoms with van der Waals surface area (Å²) in [5, 5.41) is 3.40. The lowest BCUT2D eigenvalue weighted by molar-refractivity contribution is -0.121. The van der Waals surface area contributed by atoms with E-state index in [1.54, 1.807) is 14.2 Å². The number of aromatic nitrogens is 3. The van der Waals surface area contributed by atoms with Crippen LogP contribution in [0.2, 0.25) is 0 Å². The van der Waals surface area contributed by atoms with E-state index in [1.165, 1.54) is 10.9 Å². The van der Waals surface area contributed by atoms with E-state index >= 15 is 0 Å². The number of nitrogens with zero attached hydrogens (tertiary/aromatic N) is 3. The number of benzene rings is 2. The summed E-state index contributed by atoms with van der Waals surface area (Å²) in [6.07, 6.45) is 2.03. The monoisotopic (exact) mass is 460 g/mol. The second-order valence-corrected chi connectivity index (χ2v) is 8.04. The number of carbonyl (C=O) groups is 1. The van der Waals surface area contributed by atoms with Crippen LogP contribution in [0, 0.1) is 13.8 Å². The lowest BCUT2D eigenvalue weighted by Crippen LogP contribution is -2.33. The molecule has 8 nitrogen and oxygen atoms in total. The molecule has 4 aromatic rings. The zero-order chi connectivity index (χ0) is 24.2. The maximum absolute atomic E-state index is 13.2. The summed E-state index contributed by atoms with van der Waals surface area (Å²) in [6.45, 7) is 4.19. The molecule has 0 aliphatic heterocycles. The summed E-state index contributed by atoms with van der Waals surface area (Å²) in [6, 6.07) is 15.4. The molecule has 0 saturated heterocycles. The smallest absolute Gasteiger partial charge is 0.263 e. The number of fused-ring (bicyclic) bond motifs is 1. The Morgan fingerprint density at radius 1 is 1.06 bits per heavy atom. The number of aryl methyl sites for hydroxylation is 1. The average Bonchev–Trinajstić information content (AvgIpc) is 3.11. The first kappa shape index (κ1) is 23.1. The fraction of sp³-hybridized carbons (Fsp3) is 0.269. The first-order valence-corrected chi connectivity index (χ1v) is 11.0. The van der Waals surface area contributed by atoms with Crippen LogP contribution in [0.3, 0.4) is 0 Å². The first-order chi connectivity index (χ1) is 16.4. The molecule has 1 amide bonds. The predicted octanol–water partition coefficient (Wildman–Crippen LogP) is 3.18. The van der Waals surface area contributed by atoms with Crippen molar-refractivity contribution >= 4 is 16.9 Å². The second kappa shape index (κ2) is 9.82. The number of carbonyl (C=O) groups excluding carboxylic acids is 1. The number of amides is 1.